The van der Waals surface area contributed by atoms with Crippen molar-refractivity contribution in [2.24, 2.45) is 0 Å². The summed E-state index contributed by atoms with van der Waals surface area (Å²) >= 11 is 1.83. The van der Waals surface area contributed by atoms with Crippen LogP contribution in [0, 0.1) is 6.92 Å². The maximum Gasteiger partial charge on any atom is 0.0897 e. The summed E-state index contributed by atoms with van der Waals surface area (Å²) in [5.41, 5.74) is 0. The van der Waals surface area contributed by atoms with Crippen LogP contribution >= 0.6 is 11.3 Å². The van der Waals surface area contributed by atoms with Crippen molar-refractivity contribution >= 4 is 11.3 Å². The van der Waals surface area contributed by atoms with Gasteiger partial charge in [-0.2, -0.15) is 0 Å². The Hall–Kier alpha value is -0.450. The minimum atomic E-state index is 0.659. The van der Waals surface area contributed by atoms with Crippen LogP contribution in [0.1, 0.15) is 36.6 Å². The van der Waals surface area contributed by atoms with Gasteiger partial charge in [0.1, 0.15) is 0 Å². The molecule has 17 heavy (non-hydrogen) atoms. The molecular weight excluding hydrogens is 230 g/mol. The highest BCUT2D eigenvalue weighted by atomic mass is 32.1. The first-order chi connectivity index (χ1) is 8.22. The molecule has 1 fully saturated rings. The van der Waals surface area contributed by atoms with E-state index >= 15 is 0 Å². The van der Waals surface area contributed by atoms with Crippen LogP contribution in [0.25, 0.3) is 0 Å². The number of rotatable bonds is 4. The van der Waals surface area contributed by atoms with E-state index in [0.717, 1.165) is 13.1 Å². The predicted molar refractivity (Wildman–Crippen MR) is 73.4 cm³/mol. The summed E-state index contributed by atoms with van der Waals surface area (Å²) < 4.78 is 0. The maximum absolute atomic E-state index is 4.35. The fourth-order valence-electron chi connectivity index (χ4n) is 2.48. The summed E-state index contributed by atoms with van der Waals surface area (Å²) in [5, 5.41) is 4.81. The van der Waals surface area contributed by atoms with Gasteiger partial charge in [-0.25, -0.2) is 4.98 Å². The van der Waals surface area contributed by atoms with E-state index in [1.807, 2.05) is 17.5 Å². The van der Waals surface area contributed by atoms with E-state index in [1.165, 1.54) is 29.3 Å². The van der Waals surface area contributed by atoms with Crippen LogP contribution in [0.15, 0.2) is 6.20 Å². The van der Waals surface area contributed by atoms with Crippen LogP contribution in [0.2, 0.25) is 0 Å². The fourth-order valence-corrected chi connectivity index (χ4v) is 3.30. The Labute approximate surface area is 108 Å². The smallest absolute Gasteiger partial charge is 0.0897 e. The maximum atomic E-state index is 4.35. The van der Waals surface area contributed by atoms with Crippen LogP contribution in [0.5, 0.6) is 0 Å². The molecule has 0 aliphatic carbocycles. The Balaban J connectivity index is 2.00. The van der Waals surface area contributed by atoms with Crippen LogP contribution < -0.4 is 5.32 Å². The number of hydrogen-bond donors (Lipinski definition) is 1. The second kappa shape index (κ2) is 5.94. The lowest BCUT2D eigenvalue weighted by Gasteiger charge is -2.39. The molecule has 0 bridgehead atoms. The monoisotopic (exact) mass is 253 g/mol. The highest BCUT2D eigenvalue weighted by molar-refractivity contribution is 7.11. The quantitative estimate of drug-likeness (QED) is 0.893. The lowest BCUT2D eigenvalue weighted by molar-refractivity contribution is 0.118. The molecule has 1 aromatic heterocycles. The predicted octanol–water partition coefficient (Wildman–Crippen LogP) is 2.41. The van der Waals surface area contributed by atoms with E-state index in [-0.39, 0.29) is 0 Å². The molecule has 1 aliphatic rings. The molecule has 1 aliphatic heterocycles. The van der Waals surface area contributed by atoms with Crippen LogP contribution in [0.4, 0.5) is 0 Å². The van der Waals surface area contributed by atoms with Crippen molar-refractivity contribution in [1.29, 1.82) is 0 Å². The van der Waals surface area contributed by atoms with Crippen molar-refractivity contribution in [2.45, 2.75) is 52.2 Å². The second-order valence-corrected chi connectivity index (χ2v) is 6.17. The number of thiazole rings is 1. The summed E-state index contributed by atoms with van der Waals surface area (Å²) in [6.45, 7) is 10.0. The Morgan fingerprint density at radius 3 is 2.88 bits per heavy atom. The van der Waals surface area contributed by atoms with Crippen molar-refractivity contribution in [3.8, 4) is 0 Å². The normalized spacial score (nSPS) is 26.3. The molecule has 2 unspecified atom stereocenters. The van der Waals surface area contributed by atoms with Gasteiger partial charge < -0.3 is 5.32 Å². The van der Waals surface area contributed by atoms with Crippen LogP contribution in [-0.4, -0.2) is 35.1 Å². The van der Waals surface area contributed by atoms with Gasteiger partial charge in [0.25, 0.3) is 0 Å². The zero-order chi connectivity index (χ0) is 12.3. The van der Waals surface area contributed by atoms with Gasteiger partial charge in [0, 0.05) is 42.8 Å². The molecule has 2 atom stereocenters. The molecule has 2 rings (SSSR count). The first-order valence-electron chi connectivity index (χ1n) is 6.61. The lowest BCUT2D eigenvalue weighted by Crippen LogP contribution is -2.55. The lowest BCUT2D eigenvalue weighted by atomic mass is 10.1. The molecular formula is C13H23N3S. The number of aryl methyl sites for hydroxylation is 1. The summed E-state index contributed by atoms with van der Waals surface area (Å²) in [6, 6.07) is 1.34. The third kappa shape index (κ3) is 3.27. The van der Waals surface area contributed by atoms with Crippen molar-refractivity contribution in [2.75, 3.05) is 13.1 Å². The summed E-state index contributed by atoms with van der Waals surface area (Å²) in [6.07, 6.45) is 4.48. The van der Waals surface area contributed by atoms with E-state index in [0.29, 0.717) is 12.1 Å². The van der Waals surface area contributed by atoms with E-state index in [4.69, 9.17) is 0 Å². The Kier molecular flexibility index (Phi) is 4.54. The Morgan fingerprint density at radius 2 is 2.29 bits per heavy atom. The Morgan fingerprint density at radius 1 is 1.47 bits per heavy atom. The summed E-state index contributed by atoms with van der Waals surface area (Å²) in [4.78, 5) is 8.37. The third-order valence-corrected chi connectivity index (χ3v) is 4.50. The largest absolute Gasteiger partial charge is 0.311 e. The molecule has 2 heterocycles. The molecule has 1 aromatic rings. The second-order valence-electron chi connectivity index (χ2n) is 4.85. The highest BCUT2D eigenvalue weighted by Crippen LogP contribution is 2.19. The van der Waals surface area contributed by atoms with Gasteiger partial charge in [-0.05, 0) is 19.8 Å². The third-order valence-electron chi connectivity index (χ3n) is 3.61. The minimum absolute atomic E-state index is 0.659. The molecule has 0 aromatic carbocycles. The van der Waals surface area contributed by atoms with Crippen molar-refractivity contribution in [3.05, 3.63) is 16.1 Å². The van der Waals surface area contributed by atoms with E-state index in [9.17, 15) is 0 Å². The molecule has 0 spiro atoms. The number of nitrogens with one attached hydrogen (secondary N) is 1. The van der Waals surface area contributed by atoms with Crippen LogP contribution in [0.3, 0.4) is 0 Å². The number of piperazine rings is 1. The van der Waals surface area contributed by atoms with Crippen molar-refractivity contribution < 1.29 is 0 Å². The number of aromatic nitrogens is 1. The fraction of sp³-hybridized carbons (Fsp3) is 0.769. The average Bonchev–Trinajstić information content (AvgIpc) is 2.74. The van der Waals surface area contributed by atoms with Crippen molar-refractivity contribution in [3.63, 3.8) is 0 Å². The molecule has 3 nitrogen and oxygen atoms in total. The van der Waals surface area contributed by atoms with Crippen LogP contribution in [-0.2, 0) is 6.54 Å². The van der Waals surface area contributed by atoms with Gasteiger partial charge in [-0.15, -0.1) is 11.3 Å². The van der Waals surface area contributed by atoms with E-state index < -0.39 is 0 Å². The Bertz CT molecular complexity index is 350. The van der Waals surface area contributed by atoms with Gasteiger partial charge in [-0.3, -0.25) is 4.90 Å². The molecule has 1 saturated heterocycles. The molecule has 1 N–H and O–H groups in total. The van der Waals surface area contributed by atoms with Gasteiger partial charge >= 0.3 is 0 Å². The zero-order valence-corrected chi connectivity index (χ0v) is 11.9. The van der Waals surface area contributed by atoms with Gasteiger partial charge in [0.05, 0.1) is 5.01 Å². The zero-order valence-electron chi connectivity index (χ0n) is 11.1. The highest BCUT2D eigenvalue weighted by Gasteiger charge is 2.25. The topological polar surface area (TPSA) is 28.2 Å². The van der Waals surface area contributed by atoms with E-state index in [2.05, 4.69) is 36.0 Å². The molecule has 4 heteroatoms. The van der Waals surface area contributed by atoms with E-state index in [1.54, 1.807) is 0 Å². The first kappa shape index (κ1) is 13.0. The first-order valence-corrected chi connectivity index (χ1v) is 7.43. The number of hydrogen-bond acceptors (Lipinski definition) is 4. The van der Waals surface area contributed by atoms with Crippen molar-refractivity contribution in [1.82, 2.24) is 15.2 Å². The molecule has 0 amide bonds. The number of nitrogens with zero attached hydrogens (tertiary/aromatic N) is 2. The standard InChI is InChI=1S/C13H23N3S/c1-4-11-8-16(12(5-2)6-15-11)9-13-7-14-10(3)17-13/h7,11-12,15H,4-6,8-9H2,1-3H3. The minimum Gasteiger partial charge on any atom is -0.311 e. The molecule has 0 radical (unpaired) electrons. The SMILES string of the molecule is CCC1CN(Cc2cnc(C)s2)C(CC)CN1. The van der Waals surface area contributed by atoms with Gasteiger partial charge in [0.15, 0.2) is 0 Å². The molecule has 96 valence electrons. The average molecular weight is 253 g/mol. The molecule has 0 saturated carbocycles. The summed E-state index contributed by atoms with van der Waals surface area (Å²) in [7, 11) is 0. The van der Waals surface area contributed by atoms with Gasteiger partial charge in [-0.1, -0.05) is 13.8 Å². The van der Waals surface area contributed by atoms with Gasteiger partial charge in [0.2, 0.25) is 0 Å². The summed E-state index contributed by atoms with van der Waals surface area (Å²) in [5.74, 6) is 0.